The zero-order valence-corrected chi connectivity index (χ0v) is 15.1. The maximum atomic E-state index is 12.6. The lowest BCUT2D eigenvalue weighted by Crippen LogP contribution is -2.42. The van der Waals surface area contributed by atoms with Gasteiger partial charge in [0.2, 0.25) is 15.9 Å². The summed E-state index contributed by atoms with van der Waals surface area (Å²) in [4.78, 5) is 25.3. The molecular weight excluding hydrogens is 344 g/mol. The lowest BCUT2D eigenvalue weighted by Gasteiger charge is -2.32. The molecule has 0 aromatic heterocycles. The standard InChI is InChI=1S/C17H22N2O5S/c1-11-8-13-9-14(25(23,24)18(2)10-16(20)21)6-7-15(13)19(11)17(22)12-4-3-5-12/h6-7,9,11-12H,3-5,8,10H2,1-2H3,(H,20,21). The molecule has 0 bridgehead atoms. The summed E-state index contributed by atoms with van der Waals surface area (Å²) in [5.41, 5.74) is 1.58. The zero-order valence-electron chi connectivity index (χ0n) is 14.3. The van der Waals surface area contributed by atoms with Gasteiger partial charge in [0, 0.05) is 24.7 Å². The van der Waals surface area contributed by atoms with Gasteiger partial charge >= 0.3 is 5.97 Å². The summed E-state index contributed by atoms with van der Waals surface area (Å²) >= 11 is 0. The van der Waals surface area contributed by atoms with Crippen molar-refractivity contribution in [3.05, 3.63) is 23.8 Å². The molecule has 1 aliphatic heterocycles. The third-order valence-electron chi connectivity index (χ3n) is 5.02. The van der Waals surface area contributed by atoms with E-state index >= 15 is 0 Å². The first kappa shape index (κ1) is 17.9. The highest BCUT2D eigenvalue weighted by Gasteiger charge is 2.37. The molecule has 1 amide bonds. The van der Waals surface area contributed by atoms with Crippen LogP contribution < -0.4 is 4.90 Å². The number of sulfonamides is 1. The largest absolute Gasteiger partial charge is 0.480 e. The number of carbonyl (C=O) groups excluding carboxylic acids is 1. The number of carboxylic acid groups (broad SMARTS) is 1. The van der Waals surface area contributed by atoms with Crippen molar-refractivity contribution in [2.24, 2.45) is 5.92 Å². The molecule has 1 N–H and O–H groups in total. The smallest absolute Gasteiger partial charge is 0.318 e. The Balaban J connectivity index is 1.89. The number of hydrogen-bond acceptors (Lipinski definition) is 4. The van der Waals surface area contributed by atoms with Crippen LogP contribution in [0.25, 0.3) is 0 Å². The molecular formula is C17H22N2O5S. The molecule has 1 aliphatic carbocycles. The number of rotatable bonds is 5. The highest BCUT2D eigenvalue weighted by molar-refractivity contribution is 7.89. The van der Waals surface area contributed by atoms with Crippen LogP contribution in [0.5, 0.6) is 0 Å². The van der Waals surface area contributed by atoms with Crippen LogP contribution in [-0.4, -0.2) is 49.3 Å². The molecule has 1 aromatic carbocycles. The van der Waals surface area contributed by atoms with E-state index < -0.39 is 22.5 Å². The Kier molecular flexibility index (Phi) is 4.59. The van der Waals surface area contributed by atoms with Crippen LogP contribution in [0.2, 0.25) is 0 Å². The van der Waals surface area contributed by atoms with Crippen molar-refractivity contribution in [3.8, 4) is 0 Å². The fourth-order valence-electron chi connectivity index (χ4n) is 3.41. The first-order chi connectivity index (χ1) is 11.7. The van der Waals surface area contributed by atoms with E-state index in [2.05, 4.69) is 0 Å². The van der Waals surface area contributed by atoms with Gasteiger partial charge in [0.25, 0.3) is 0 Å². The first-order valence-electron chi connectivity index (χ1n) is 8.36. The van der Waals surface area contributed by atoms with Gasteiger partial charge in [-0.05, 0) is 49.9 Å². The van der Waals surface area contributed by atoms with Crippen molar-refractivity contribution in [1.29, 1.82) is 0 Å². The van der Waals surface area contributed by atoms with Gasteiger partial charge in [-0.2, -0.15) is 4.31 Å². The minimum absolute atomic E-state index is 0.00203. The number of aliphatic carboxylic acids is 1. The lowest BCUT2D eigenvalue weighted by atomic mass is 9.84. The van der Waals surface area contributed by atoms with E-state index in [9.17, 15) is 18.0 Å². The number of anilines is 1. The second-order valence-electron chi connectivity index (χ2n) is 6.83. The number of fused-ring (bicyclic) bond motifs is 1. The molecule has 0 saturated heterocycles. The SMILES string of the molecule is CC1Cc2cc(S(=O)(=O)N(C)CC(=O)O)ccc2N1C(=O)C1CCC1. The quantitative estimate of drug-likeness (QED) is 0.851. The molecule has 0 radical (unpaired) electrons. The number of carbonyl (C=O) groups is 2. The number of carboxylic acids is 1. The van der Waals surface area contributed by atoms with E-state index in [1.54, 1.807) is 17.0 Å². The summed E-state index contributed by atoms with van der Waals surface area (Å²) in [6.07, 6.45) is 3.52. The van der Waals surface area contributed by atoms with Crippen molar-refractivity contribution in [2.45, 2.75) is 43.5 Å². The van der Waals surface area contributed by atoms with Gasteiger partial charge in [-0.1, -0.05) is 6.42 Å². The van der Waals surface area contributed by atoms with Crippen LogP contribution in [-0.2, 0) is 26.0 Å². The normalized spacial score (nSPS) is 20.4. The van der Waals surface area contributed by atoms with Gasteiger partial charge < -0.3 is 10.0 Å². The summed E-state index contributed by atoms with van der Waals surface area (Å²) in [5, 5.41) is 8.81. The van der Waals surface area contributed by atoms with Crippen LogP contribution in [0.3, 0.4) is 0 Å². The van der Waals surface area contributed by atoms with Gasteiger partial charge in [0.15, 0.2) is 0 Å². The molecule has 8 heteroatoms. The maximum absolute atomic E-state index is 12.6. The predicted molar refractivity (Wildman–Crippen MR) is 91.9 cm³/mol. The van der Waals surface area contributed by atoms with E-state index in [4.69, 9.17) is 5.11 Å². The van der Waals surface area contributed by atoms with Gasteiger partial charge in [0.05, 0.1) is 4.90 Å². The molecule has 0 spiro atoms. The molecule has 1 atom stereocenters. The minimum atomic E-state index is -3.87. The van der Waals surface area contributed by atoms with Crippen LogP contribution in [0.15, 0.2) is 23.1 Å². The van der Waals surface area contributed by atoms with E-state index in [1.165, 1.54) is 13.1 Å². The fraction of sp³-hybridized carbons (Fsp3) is 0.529. The van der Waals surface area contributed by atoms with Crippen molar-refractivity contribution in [1.82, 2.24) is 4.31 Å². The summed E-state index contributed by atoms with van der Waals surface area (Å²) in [7, 11) is -2.63. The number of hydrogen-bond donors (Lipinski definition) is 1. The van der Waals surface area contributed by atoms with Crippen LogP contribution in [0.1, 0.15) is 31.7 Å². The summed E-state index contributed by atoms with van der Waals surface area (Å²) in [6, 6.07) is 4.67. The predicted octanol–water partition coefficient (Wildman–Crippen LogP) is 1.47. The number of amides is 1. The molecule has 1 heterocycles. The van der Waals surface area contributed by atoms with Crippen LogP contribution in [0.4, 0.5) is 5.69 Å². The topological polar surface area (TPSA) is 95.0 Å². The summed E-state index contributed by atoms with van der Waals surface area (Å²) < 4.78 is 25.8. The second-order valence-corrected chi connectivity index (χ2v) is 8.88. The molecule has 1 unspecified atom stereocenters. The molecule has 3 rings (SSSR count). The molecule has 136 valence electrons. The monoisotopic (exact) mass is 366 g/mol. The fourth-order valence-corrected chi connectivity index (χ4v) is 4.58. The molecule has 7 nitrogen and oxygen atoms in total. The molecule has 1 saturated carbocycles. The van der Waals surface area contributed by atoms with Crippen molar-refractivity contribution in [3.63, 3.8) is 0 Å². The maximum Gasteiger partial charge on any atom is 0.318 e. The Morgan fingerprint density at radius 2 is 2.00 bits per heavy atom. The Morgan fingerprint density at radius 3 is 2.56 bits per heavy atom. The highest BCUT2D eigenvalue weighted by Crippen LogP contribution is 2.38. The first-order valence-corrected chi connectivity index (χ1v) is 9.80. The number of likely N-dealkylation sites (N-methyl/N-ethyl adjacent to an activating group) is 1. The molecule has 1 aromatic rings. The van der Waals surface area contributed by atoms with Crippen molar-refractivity contribution >= 4 is 27.6 Å². The van der Waals surface area contributed by atoms with E-state index in [-0.39, 0.29) is 22.8 Å². The molecule has 2 aliphatic rings. The average molecular weight is 366 g/mol. The van der Waals surface area contributed by atoms with Crippen LogP contribution in [0, 0.1) is 5.92 Å². The van der Waals surface area contributed by atoms with Gasteiger partial charge in [-0.25, -0.2) is 8.42 Å². The Morgan fingerprint density at radius 1 is 1.32 bits per heavy atom. The Labute approximate surface area is 147 Å². The third-order valence-corrected chi connectivity index (χ3v) is 6.82. The second kappa shape index (κ2) is 6.42. The molecule has 25 heavy (non-hydrogen) atoms. The summed E-state index contributed by atoms with van der Waals surface area (Å²) in [6.45, 7) is 1.36. The Bertz CT molecular complexity index is 816. The van der Waals surface area contributed by atoms with Gasteiger partial charge in [-0.3, -0.25) is 9.59 Å². The van der Waals surface area contributed by atoms with E-state index in [0.717, 1.165) is 34.8 Å². The van der Waals surface area contributed by atoms with E-state index in [1.807, 2.05) is 6.92 Å². The minimum Gasteiger partial charge on any atom is -0.480 e. The lowest BCUT2D eigenvalue weighted by molar-refractivity contribution is -0.137. The van der Waals surface area contributed by atoms with Crippen LogP contribution >= 0.6 is 0 Å². The average Bonchev–Trinajstić information content (AvgIpc) is 2.79. The molecule has 1 fully saturated rings. The number of benzene rings is 1. The Hall–Kier alpha value is -1.93. The number of nitrogens with zero attached hydrogens (tertiary/aromatic N) is 2. The van der Waals surface area contributed by atoms with E-state index in [0.29, 0.717) is 6.42 Å². The zero-order chi connectivity index (χ0) is 18.4. The highest BCUT2D eigenvalue weighted by atomic mass is 32.2. The van der Waals surface area contributed by atoms with Crippen molar-refractivity contribution in [2.75, 3.05) is 18.5 Å². The summed E-state index contributed by atoms with van der Waals surface area (Å²) in [5.74, 6) is -1.01. The van der Waals surface area contributed by atoms with Crippen molar-refractivity contribution < 1.29 is 23.1 Å². The van der Waals surface area contributed by atoms with Gasteiger partial charge in [0.1, 0.15) is 6.54 Å². The van der Waals surface area contributed by atoms with Gasteiger partial charge in [-0.15, -0.1) is 0 Å². The third kappa shape index (κ3) is 3.16.